The minimum absolute atomic E-state index is 0.0124. The van der Waals surface area contributed by atoms with Gasteiger partial charge in [0.1, 0.15) is 11.6 Å². The Balaban J connectivity index is 1.40. The van der Waals surface area contributed by atoms with Gasteiger partial charge >= 0.3 is 6.18 Å². The predicted molar refractivity (Wildman–Crippen MR) is 121 cm³/mol. The number of rotatable bonds is 11. The molecule has 3 rings (SSSR count). The molecule has 1 heterocycles. The van der Waals surface area contributed by atoms with Crippen molar-refractivity contribution in [3.05, 3.63) is 47.5 Å². The summed E-state index contributed by atoms with van der Waals surface area (Å²) in [5, 5.41) is -0.327. The van der Waals surface area contributed by atoms with E-state index in [2.05, 4.69) is 4.98 Å². The van der Waals surface area contributed by atoms with Crippen molar-refractivity contribution >= 4 is 21.7 Å². The Labute approximate surface area is 197 Å². The number of nitrogens with two attached hydrogens (primary N) is 1. The van der Waals surface area contributed by atoms with Crippen LogP contribution < -0.4 is 15.2 Å². The first-order chi connectivity index (χ1) is 15.9. The van der Waals surface area contributed by atoms with Gasteiger partial charge in [-0.2, -0.15) is 21.6 Å². The van der Waals surface area contributed by atoms with Crippen molar-refractivity contribution in [2.45, 2.75) is 68.5 Å². The third-order valence-electron chi connectivity index (χ3n) is 5.77. The topological polar surface area (TPSA) is 111 Å². The number of sulfonamides is 1. The van der Waals surface area contributed by atoms with Crippen LogP contribution in [0, 0.1) is 6.92 Å². The van der Waals surface area contributed by atoms with Gasteiger partial charge in [-0.05, 0) is 56.4 Å². The monoisotopic (exact) mass is 499 g/mol. The Bertz CT molecular complexity index is 1130. The molecule has 0 radical (unpaired) electrons. The smallest absolute Gasteiger partial charge is 0.398 e. The van der Waals surface area contributed by atoms with Crippen LogP contribution in [0.1, 0.15) is 56.1 Å². The fourth-order valence-electron chi connectivity index (χ4n) is 3.73. The zero-order valence-corrected chi connectivity index (χ0v) is 19.6. The Morgan fingerprint density at radius 2 is 1.85 bits per heavy atom. The molecular weight excluding hydrogens is 471 g/mol. The van der Waals surface area contributed by atoms with Gasteiger partial charge in [-0.25, -0.2) is 9.71 Å². The lowest BCUT2D eigenvalue weighted by atomic mass is 9.93. The number of hydrogen-bond acceptors (Lipinski definition) is 6. The largest absolute Gasteiger partial charge is 0.493 e. The van der Waals surface area contributed by atoms with Crippen molar-refractivity contribution in [2.75, 3.05) is 12.3 Å². The fourth-order valence-corrected chi connectivity index (χ4v) is 4.72. The number of alkyl halides is 3. The van der Waals surface area contributed by atoms with E-state index in [-0.39, 0.29) is 48.0 Å². The minimum atomic E-state index is -4.31. The van der Waals surface area contributed by atoms with Gasteiger partial charge in [0.15, 0.2) is 5.03 Å². The predicted octanol–water partition coefficient (Wildman–Crippen LogP) is 4.40. The van der Waals surface area contributed by atoms with Gasteiger partial charge in [0.05, 0.1) is 12.0 Å². The van der Waals surface area contributed by atoms with E-state index in [0.29, 0.717) is 25.7 Å². The first kappa shape index (κ1) is 25.8. The van der Waals surface area contributed by atoms with Crippen LogP contribution >= 0.6 is 0 Å². The van der Waals surface area contributed by atoms with E-state index < -0.39 is 27.5 Å². The van der Waals surface area contributed by atoms with Crippen LogP contribution in [0.15, 0.2) is 41.4 Å². The second kappa shape index (κ2) is 10.2. The number of anilines is 1. The molecule has 1 aromatic heterocycles. The highest BCUT2D eigenvalue weighted by Gasteiger charge is 2.65. The highest BCUT2D eigenvalue weighted by molar-refractivity contribution is 7.90. The molecule has 186 valence electrons. The molecule has 1 aliphatic rings. The van der Waals surface area contributed by atoms with Crippen molar-refractivity contribution in [2.24, 2.45) is 0 Å². The third kappa shape index (κ3) is 6.19. The summed E-state index contributed by atoms with van der Waals surface area (Å²) in [5.41, 5.74) is 4.69. The van der Waals surface area contributed by atoms with Gasteiger partial charge in [-0.1, -0.05) is 31.0 Å². The number of aromatic nitrogens is 1. The molecule has 1 saturated carbocycles. The van der Waals surface area contributed by atoms with Crippen LogP contribution in [0.4, 0.5) is 19.0 Å². The number of nitrogens with one attached hydrogen (secondary N) is 1. The number of halogens is 3. The minimum Gasteiger partial charge on any atom is -0.493 e. The molecule has 0 spiro atoms. The third-order valence-corrected chi connectivity index (χ3v) is 7.04. The summed E-state index contributed by atoms with van der Waals surface area (Å²) in [6.07, 6.45) is -1.78. The molecule has 0 saturated heterocycles. The van der Waals surface area contributed by atoms with Gasteiger partial charge in [0, 0.05) is 12.0 Å². The molecule has 1 aromatic carbocycles. The van der Waals surface area contributed by atoms with Crippen LogP contribution in [0.2, 0.25) is 0 Å². The zero-order chi connectivity index (χ0) is 25.0. The van der Waals surface area contributed by atoms with E-state index in [9.17, 15) is 26.4 Å². The number of carbonyl (C=O) groups is 1. The molecular formula is C23H28F3N3O4S. The number of aryl methyl sites for hydroxylation is 1. The summed E-state index contributed by atoms with van der Waals surface area (Å²) in [4.78, 5) is 15.7. The van der Waals surface area contributed by atoms with Gasteiger partial charge in [-0.15, -0.1) is 0 Å². The molecule has 0 aliphatic heterocycles. The maximum Gasteiger partial charge on any atom is 0.398 e. The van der Waals surface area contributed by atoms with E-state index in [0.717, 1.165) is 5.56 Å². The number of nitrogen functional groups attached to an aromatic ring is 1. The van der Waals surface area contributed by atoms with Crippen molar-refractivity contribution in [3.8, 4) is 5.75 Å². The number of hydrogen-bond donors (Lipinski definition) is 2. The second-order valence-electron chi connectivity index (χ2n) is 8.52. The van der Waals surface area contributed by atoms with Gasteiger partial charge in [0.2, 0.25) is 5.91 Å². The molecule has 0 atom stereocenters. The summed E-state index contributed by atoms with van der Waals surface area (Å²) in [5.74, 6) is -0.345. The molecule has 0 bridgehead atoms. The number of amides is 1. The maximum absolute atomic E-state index is 13.5. The van der Waals surface area contributed by atoms with E-state index >= 15 is 0 Å². The van der Waals surface area contributed by atoms with Crippen molar-refractivity contribution in [1.29, 1.82) is 0 Å². The quantitative estimate of drug-likeness (QED) is 0.444. The number of unbranched alkanes of at least 4 members (excludes halogenated alkanes) is 3. The first-order valence-electron chi connectivity index (χ1n) is 11.0. The molecule has 1 amide bonds. The van der Waals surface area contributed by atoms with E-state index in [1.54, 1.807) is 19.1 Å². The van der Waals surface area contributed by atoms with Crippen LogP contribution in [-0.2, 0) is 20.2 Å². The van der Waals surface area contributed by atoms with Crippen LogP contribution in [0.25, 0.3) is 0 Å². The van der Waals surface area contributed by atoms with Crippen LogP contribution in [0.5, 0.6) is 5.75 Å². The van der Waals surface area contributed by atoms with E-state index in [1.165, 1.54) is 24.3 Å². The Morgan fingerprint density at radius 3 is 2.50 bits per heavy atom. The highest BCUT2D eigenvalue weighted by Crippen LogP contribution is 2.60. The number of pyridine rings is 1. The molecule has 2 aromatic rings. The van der Waals surface area contributed by atoms with Crippen molar-refractivity contribution < 1.29 is 31.1 Å². The summed E-state index contributed by atoms with van der Waals surface area (Å²) < 4.78 is 72.6. The summed E-state index contributed by atoms with van der Waals surface area (Å²) in [6.45, 7) is 2.06. The first-order valence-corrected chi connectivity index (χ1v) is 12.5. The normalized spacial score (nSPS) is 15.1. The Hall–Kier alpha value is -2.82. The zero-order valence-electron chi connectivity index (χ0n) is 18.8. The van der Waals surface area contributed by atoms with Crippen LogP contribution in [-0.4, -0.2) is 32.1 Å². The Morgan fingerprint density at radius 1 is 1.15 bits per heavy atom. The molecule has 1 fully saturated rings. The fraction of sp³-hybridized carbons (Fsp3) is 0.478. The lowest BCUT2D eigenvalue weighted by molar-refractivity contribution is -0.161. The lowest BCUT2D eigenvalue weighted by Gasteiger charge is -2.23. The molecule has 11 heteroatoms. The number of benzene rings is 1. The summed E-state index contributed by atoms with van der Waals surface area (Å²) in [7, 11) is -4.08. The lowest BCUT2D eigenvalue weighted by Crippen LogP contribution is -2.31. The Kier molecular flexibility index (Phi) is 7.74. The SMILES string of the molecule is Cc1ccc(C2(C(F)(F)F)CC2)c(OCCCCCCC(=O)NS(=O)(=O)c2cccc(N)n2)c1. The molecule has 7 nitrogen and oxygen atoms in total. The van der Waals surface area contributed by atoms with Gasteiger partial charge in [-0.3, -0.25) is 4.79 Å². The molecule has 1 aliphatic carbocycles. The second-order valence-corrected chi connectivity index (χ2v) is 10.2. The van der Waals surface area contributed by atoms with Gasteiger partial charge in [0.25, 0.3) is 10.0 Å². The standard InChI is InChI=1S/C23H28F3N3O4S/c1-16-10-11-17(22(12-13-22)23(24,25)26)18(15-16)33-14-5-3-2-4-8-20(30)29-34(31,32)21-9-6-7-19(27)28-21/h6-7,9-11,15H,2-5,8,12-14H2,1H3,(H2,27,28)(H,29,30). The number of ether oxygens (including phenoxy) is 1. The average molecular weight is 500 g/mol. The van der Waals surface area contributed by atoms with Crippen molar-refractivity contribution in [1.82, 2.24) is 9.71 Å². The van der Waals surface area contributed by atoms with E-state index in [1.807, 2.05) is 4.72 Å². The molecule has 0 unspecified atom stereocenters. The molecule has 3 N–H and O–H groups in total. The van der Waals surface area contributed by atoms with Crippen molar-refractivity contribution in [3.63, 3.8) is 0 Å². The maximum atomic E-state index is 13.5. The van der Waals surface area contributed by atoms with Crippen LogP contribution in [0.3, 0.4) is 0 Å². The highest BCUT2D eigenvalue weighted by atomic mass is 32.2. The van der Waals surface area contributed by atoms with Gasteiger partial charge < -0.3 is 10.5 Å². The van der Waals surface area contributed by atoms with E-state index in [4.69, 9.17) is 10.5 Å². The number of nitrogens with zero attached hydrogens (tertiary/aromatic N) is 1. The number of carbonyl (C=O) groups excluding carboxylic acids is 1. The summed E-state index contributed by atoms with van der Waals surface area (Å²) in [6, 6.07) is 8.92. The molecule has 34 heavy (non-hydrogen) atoms. The average Bonchev–Trinajstić information content (AvgIpc) is 3.55. The summed E-state index contributed by atoms with van der Waals surface area (Å²) >= 11 is 0.